The van der Waals surface area contributed by atoms with Gasteiger partial charge in [-0.15, -0.1) is 10.2 Å². The van der Waals surface area contributed by atoms with Crippen LogP contribution in [-0.4, -0.2) is 27.9 Å². The van der Waals surface area contributed by atoms with Crippen LogP contribution in [0, 0.1) is 0 Å². The van der Waals surface area contributed by atoms with Gasteiger partial charge in [-0.1, -0.05) is 41.3 Å². The van der Waals surface area contributed by atoms with Gasteiger partial charge in [-0.05, 0) is 36.4 Å². The predicted octanol–water partition coefficient (Wildman–Crippen LogP) is 3.75. The highest BCUT2D eigenvalue weighted by Gasteiger charge is 2.08. The van der Waals surface area contributed by atoms with Crippen LogP contribution in [0.25, 0.3) is 0 Å². The zero-order chi connectivity index (χ0) is 19.8. The fraction of sp³-hybridized carbons (Fsp3) is 0.111. The van der Waals surface area contributed by atoms with E-state index in [2.05, 4.69) is 15.5 Å². The first kappa shape index (κ1) is 19.6. The number of benzene rings is 2. The molecular formula is C18H17N5O3S2. The van der Waals surface area contributed by atoms with Gasteiger partial charge >= 0.3 is 6.03 Å². The standard InChI is InChI=1S/C18H17N5O3S2/c19-16(25)21-15(24)10-11-27-18-23-22-17(28-18)20-12-6-8-14(9-7-12)26-13-4-2-1-3-5-13/h1-9H,10-11H2,(H,20,22)(H3,19,21,24,25). The molecule has 8 nitrogen and oxygen atoms in total. The highest BCUT2D eigenvalue weighted by molar-refractivity contribution is 8.01. The topological polar surface area (TPSA) is 119 Å². The van der Waals surface area contributed by atoms with Gasteiger partial charge in [0.25, 0.3) is 0 Å². The number of nitrogens with one attached hydrogen (secondary N) is 2. The molecule has 2 aromatic carbocycles. The monoisotopic (exact) mass is 415 g/mol. The molecule has 0 saturated carbocycles. The van der Waals surface area contributed by atoms with E-state index < -0.39 is 11.9 Å². The molecule has 0 saturated heterocycles. The average molecular weight is 416 g/mol. The van der Waals surface area contributed by atoms with Crippen LogP contribution in [0.2, 0.25) is 0 Å². The molecule has 0 aliphatic heterocycles. The number of hydrogen-bond donors (Lipinski definition) is 3. The number of rotatable bonds is 8. The largest absolute Gasteiger partial charge is 0.457 e. The number of urea groups is 1. The van der Waals surface area contributed by atoms with Crippen LogP contribution in [0.4, 0.5) is 15.6 Å². The molecule has 4 N–H and O–H groups in total. The second-order valence-electron chi connectivity index (χ2n) is 5.45. The minimum Gasteiger partial charge on any atom is -0.457 e. The Morgan fingerprint density at radius 1 is 1.04 bits per heavy atom. The van der Waals surface area contributed by atoms with Crippen molar-refractivity contribution in [2.24, 2.45) is 5.73 Å². The summed E-state index contributed by atoms with van der Waals surface area (Å²) in [6.45, 7) is 0. The summed E-state index contributed by atoms with van der Waals surface area (Å²) in [5, 5.41) is 14.0. The fourth-order valence-electron chi connectivity index (χ4n) is 2.10. The van der Waals surface area contributed by atoms with Crippen LogP contribution in [0.15, 0.2) is 58.9 Å². The van der Waals surface area contributed by atoms with Crippen LogP contribution in [0.3, 0.4) is 0 Å². The Morgan fingerprint density at radius 2 is 1.75 bits per heavy atom. The summed E-state index contributed by atoms with van der Waals surface area (Å²) in [5.41, 5.74) is 5.74. The fourth-order valence-corrected chi connectivity index (χ4v) is 3.88. The van der Waals surface area contributed by atoms with Gasteiger partial charge in [-0.25, -0.2) is 4.79 Å². The number of thioether (sulfide) groups is 1. The molecule has 0 atom stereocenters. The van der Waals surface area contributed by atoms with Gasteiger partial charge in [-0.2, -0.15) is 0 Å². The van der Waals surface area contributed by atoms with Crippen molar-refractivity contribution < 1.29 is 14.3 Å². The molecule has 1 heterocycles. The Labute approximate surface area is 169 Å². The van der Waals surface area contributed by atoms with Crippen molar-refractivity contribution in [2.45, 2.75) is 10.8 Å². The minimum atomic E-state index is -0.849. The molecule has 28 heavy (non-hydrogen) atoms. The zero-order valence-corrected chi connectivity index (χ0v) is 16.3. The third-order valence-corrected chi connectivity index (χ3v) is 5.28. The predicted molar refractivity (Wildman–Crippen MR) is 109 cm³/mol. The van der Waals surface area contributed by atoms with Gasteiger partial charge in [0, 0.05) is 17.9 Å². The van der Waals surface area contributed by atoms with Crippen molar-refractivity contribution in [1.82, 2.24) is 15.5 Å². The number of ether oxygens (including phenoxy) is 1. The number of imide groups is 1. The number of carbonyl (C=O) groups is 2. The number of anilines is 2. The van der Waals surface area contributed by atoms with Crippen molar-refractivity contribution in [3.8, 4) is 11.5 Å². The molecule has 0 aliphatic carbocycles. The Hall–Kier alpha value is -3.11. The number of nitrogens with zero attached hydrogens (tertiary/aromatic N) is 2. The first-order valence-corrected chi connectivity index (χ1v) is 10.0. The molecule has 144 valence electrons. The number of amides is 3. The van der Waals surface area contributed by atoms with Gasteiger partial charge in [0.2, 0.25) is 11.0 Å². The highest BCUT2D eigenvalue weighted by Crippen LogP contribution is 2.29. The maximum absolute atomic E-state index is 11.4. The van der Waals surface area contributed by atoms with E-state index in [-0.39, 0.29) is 6.42 Å². The third kappa shape index (κ3) is 6.25. The quantitative estimate of drug-likeness (QED) is 0.479. The second kappa shape index (κ2) is 9.72. The Morgan fingerprint density at radius 3 is 2.46 bits per heavy atom. The molecule has 0 spiro atoms. The SMILES string of the molecule is NC(=O)NC(=O)CCSc1nnc(Nc2ccc(Oc3ccccc3)cc2)s1. The summed E-state index contributed by atoms with van der Waals surface area (Å²) in [6, 6.07) is 16.2. The highest BCUT2D eigenvalue weighted by atomic mass is 32.2. The lowest BCUT2D eigenvalue weighted by molar-refractivity contribution is -0.119. The smallest absolute Gasteiger partial charge is 0.318 e. The van der Waals surface area contributed by atoms with Crippen LogP contribution >= 0.6 is 23.1 Å². The van der Waals surface area contributed by atoms with Crippen LogP contribution in [0.1, 0.15) is 6.42 Å². The number of carbonyl (C=O) groups excluding carboxylic acids is 2. The number of primary amides is 1. The van der Waals surface area contributed by atoms with E-state index in [9.17, 15) is 9.59 Å². The molecule has 0 fully saturated rings. The molecule has 0 radical (unpaired) electrons. The van der Waals surface area contributed by atoms with Gasteiger partial charge in [0.05, 0.1) is 0 Å². The lowest BCUT2D eigenvalue weighted by Gasteiger charge is -2.06. The number of para-hydroxylation sites is 1. The molecule has 3 aromatic rings. The minimum absolute atomic E-state index is 0.166. The Kier molecular flexibility index (Phi) is 6.82. The number of hydrogen-bond acceptors (Lipinski definition) is 8. The lowest BCUT2D eigenvalue weighted by Crippen LogP contribution is -2.35. The average Bonchev–Trinajstić information content (AvgIpc) is 3.11. The summed E-state index contributed by atoms with van der Waals surface area (Å²) in [4.78, 5) is 21.9. The Balaban J connectivity index is 1.48. The van der Waals surface area contributed by atoms with Crippen LogP contribution in [0.5, 0.6) is 11.5 Å². The summed E-state index contributed by atoms with van der Waals surface area (Å²) >= 11 is 2.76. The molecule has 3 amide bonds. The van der Waals surface area contributed by atoms with Gasteiger partial charge < -0.3 is 15.8 Å². The van der Waals surface area contributed by atoms with Crippen molar-refractivity contribution >= 4 is 45.9 Å². The van der Waals surface area contributed by atoms with Gasteiger partial charge in [-0.3, -0.25) is 10.1 Å². The molecule has 10 heteroatoms. The van der Waals surface area contributed by atoms with Gasteiger partial charge in [0.15, 0.2) is 4.34 Å². The van der Waals surface area contributed by atoms with Crippen LogP contribution in [-0.2, 0) is 4.79 Å². The summed E-state index contributed by atoms with van der Waals surface area (Å²) in [7, 11) is 0. The van der Waals surface area contributed by atoms with Gasteiger partial charge in [0.1, 0.15) is 11.5 Å². The van der Waals surface area contributed by atoms with Crippen molar-refractivity contribution in [2.75, 3.05) is 11.1 Å². The van der Waals surface area contributed by atoms with E-state index in [4.69, 9.17) is 10.5 Å². The third-order valence-electron chi connectivity index (χ3n) is 3.31. The van der Waals surface area contributed by atoms with E-state index in [1.165, 1.54) is 23.1 Å². The maximum Gasteiger partial charge on any atom is 0.318 e. The number of aromatic nitrogens is 2. The summed E-state index contributed by atoms with van der Waals surface area (Å²) < 4.78 is 6.48. The van der Waals surface area contributed by atoms with E-state index in [1.54, 1.807) is 0 Å². The molecule has 1 aromatic heterocycles. The van der Waals surface area contributed by atoms with E-state index in [1.807, 2.05) is 59.9 Å². The van der Waals surface area contributed by atoms with Crippen molar-refractivity contribution in [1.29, 1.82) is 0 Å². The molecule has 0 bridgehead atoms. The van der Waals surface area contributed by atoms with Crippen molar-refractivity contribution in [3.05, 3.63) is 54.6 Å². The van der Waals surface area contributed by atoms with E-state index in [0.717, 1.165) is 21.5 Å². The number of nitrogens with two attached hydrogens (primary N) is 1. The summed E-state index contributed by atoms with van der Waals surface area (Å²) in [6.07, 6.45) is 0.166. The molecule has 0 aliphatic rings. The van der Waals surface area contributed by atoms with Crippen LogP contribution < -0.4 is 21.1 Å². The normalized spacial score (nSPS) is 10.3. The van der Waals surface area contributed by atoms with E-state index in [0.29, 0.717) is 10.9 Å². The first-order chi connectivity index (χ1) is 13.6. The second-order valence-corrected chi connectivity index (χ2v) is 7.77. The molecule has 0 unspecified atom stereocenters. The van der Waals surface area contributed by atoms with Crippen molar-refractivity contribution in [3.63, 3.8) is 0 Å². The first-order valence-electron chi connectivity index (χ1n) is 8.24. The molecular weight excluding hydrogens is 398 g/mol. The Bertz CT molecular complexity index is 932. The zero-order valence-electron chi connectivity index (χ0n) is 14.6. The maximum atomic E-state index is 11.4. The van der Waals surface area contributed by atoms with E-state index >= 15 is 0 Å². The lowest BCUT2D eigenvalue weighted by atomic mass is 10.3. The summed E-state index contributed by atoms with van der Waals surface area (Å²) in [5.74, 6) is 1.57. The molecule has 3 rings (SSSR count).